The standard InChI is InChI=1S/C25H34N2O2/c1-6-11-23(28)27(18-21-15-10-12-19(2)16-21)22(24(29)26-25(3,4)5)17-20-13-8-7-9-14-20/h7-10,12-16,22H,6,11,17-18H2,1-5H3,(H,26,29). The molecule has 0 saturated carbocycles. The minimum atomic E-state index is -0.559. The van der Waals surface area contributed by atoms with Gasteiger partial charge in [-0.25, -0.2) is 0 Å². The third kappa shape index (κ3) is 7.37. The van der Waals surface area contributed by atoms with Gasteiger partial charge in [0.1, 0.15) is 6.04 Å². The number of rotatable bonds is 8. The fourth-order valence-electron chi connectivity index (χ4n) is 3.37. The number of nitrogens with zero attached hydrogens (tertiary/aromatic N) is 1. The largest absolute Gasteiger partial charge is 0.350 e. The molecule has 0 saturated heterocycles. The first-order valence-electron chi connectivity index (χ1n) is 10.4. The van der Waals surface area contributed by atoms with Crippen molar-refractivity contribution in [2.45, 2.75) is 72.0 Å². The molecule has 2 aromatic rings. The van der Waals surface area contributed by atoms with E-state index in [0.717, 1.165) is 23.1 Å². The first-order chi connectivity index (χ1) is 13.7. The molecule has 1 unspecified atom stereocenters. The van der Waals surface area contributed by atoms with Crippen LogP contribution in [-0.2, 0) is 22.6 Å². The molecule has 0 spiro atoms. The van der Waals surface area contributed by atoms with Gasteiger partial charge in [0.25, 0.3) is 0 Å². The van der Waals surface area contributed by atoms with E-state index in [-0.39, 0.29) is 17.4 Å². The van der Waals surface area contributed by atoms with Crippen LogP contribution in [0.4, 0.5) is 0 Å². The van der Waals surface area contributed by atoms with Gasteiger partial charge in [0, 0.05) is 24.9 Å². The minimum absolute atomic E-state index is 0.0130. The molecule has 29 heavy (non-hydrogen) atoms. The van der Waals surface area contributed by atoms with Gasteiger partial charge in [0.15, 0.2) is 0 Å². The molecule has 2 aromatic carbocycles. The lowest BCUT2D eigenvalue weighted by molar-refractivity contribution is -0.142. The van der Waals surface area contributed by atoms with E-state index in [0.29, 0.717) is 19.4 Å². The number of hydrogen-bond acceptors (Lipinski definition) is 2. The SMILES string of the molecule is CCCC(=O)N(Cc1cccc(C)c1)C(Cc1ccccc1)C(=O)NC(C)(C)C. The first kappa shape index (κ1) is 22.7. The van der Waals surface area contributed by atoms with Gasteiger partial charge in [-0.05, 0) is 45.2 Å². The summed E-state index contributed by atoms with van der Waals surface area (Å²) in [5, 5.41) is 3.08. The molecule has 1 N–H and O–H groups in total. The van der Waals surface area contributed by atoms with E-state index in [2.05, 4.69) is 11.4 Å². The highest BCUT2D eigenvalue weighted by Gasteiger charge is 2.31. The molecule has 4 nitrogen and oxygen atoms in total. The molecule has 0 aromatic heterocycles. The molecule has 2 rings (SSSR count). The van der Waals surface area contributed by atoms with Crippen LogP contribution in [0.3, 0.4) is 0 Å². The molecular weight excluding hydrogens is 360 g/mol. The Kier molecular flexibility index (Phi) is 8.00. The Balaban J connectivity index is 2.40. The topological polar surface area (TPSA) is 49.4 Å². The van der Waals surface area contributed by atoms with E-state index in [1.165, 1.54) is 0 Å². The maximum absolute atomic E-state index is 13.3. The Morgan fingerprint density at radius 3 is 2.24 bits per heavy atom. The molecule has 0 radical (unpaired) electrons. The van der Waals surface area contributed by atoms with Crippen LogP contribution in [0.2, 0.25) is 0 Å². The lowest BCUT2D eigenvalue weighted by Gasteiger charge is -2.34. The van der Waals surface area contributed by atoms with E-state index in [4.69, 9.17) is 0 Å². The van der Waals surface area contributed by atoms with Crippen molar-refractivity contribution in [1.82, 2.24) is 10.2 Å². The molecule has 0 aliphatic rings. The van der Waals surface area contributed by atoms with E-state index in [1.807, 2.05) is 83.1 Å². The summed E-state index contributed by atoms with van der Waals surface area (Å²) in [6.45, 7) is 10.3. The molecule has 2 amide bonds. The maximum atomic E-state index is 13.3. The van der Waals surface area contributed by atoms with Crippen LogP contribution >= 0.6 is 0 Å². The van der Waals surface area contributed by atoms with Gasteiger partial charge in [-0.2, -0.15) is 0 Å². The highest BCUT2D eigenvalue weighted by Crippen LogP contribution is 2.18. The number of aryl methyl sites for hydroxylation is 1. The van der Waals surface area contributed by atoms with Crippen LogP contribution in [-0.4, -0.2) is 28.3 Å². The molecular formula is C25H34N2O2. The average molecular weight is 395 g/mol. The smallest absolute Gasteiger partial charge is 0.243 e. The summed E-state index contributed by atoms with van der Waals surface area (Å²) in [7, 11) is 0. The van der Waals surface area contributed by atoms with Crippen LogP contribution in [0.25, 0.3) is 0 Å². The highest BCUT2D eigenvalue weighted by atomic mass is 16.2. The number of hydrogen-bond donors (Lipinski definition) is 1. The van der Waals surface area contributed by atoms with E-state index < -0.39 is 6.04 Å². The average Bonchev–Trinajstić information content (AvgIpc) is 2.64. The molecule has 0 fully saturated rings. The van der Waals surface area contributed by atoms with Crippen LogP contribution in [0.5, 0.6) is 0 Å². The van der Waals surface area contributed by atoms with Crippen molar-refractivity contribution in [2.75, 3.05) is 0 Å². The van der Waals surface area contributed by atoms with Gasteiger partial charge in [-0.15, -0.1) is 0 Å². The predicted octanol–water partition coefficient (Wildman–Crippen LogP) is 4.65. The van der Waals surface area contributed by atoms with Gasteiger partial charge in [0.2, 0.25) is 11.8 Å². The molecule has 0 bridgehead atoms. The third-order valence-corrected chi connectivity index (χ3v) is 4.67. The molecule has 156 valence electrons. The molecule has 0 heterocycles. The first-order valence-corrected chi connectivity index (χ1v) is 10.4. The van der Waals surface area contributed by atoms with Gasteiger partial charge in [-0.1, -0.05) is 67.1 Å². The minimum Gasteiger partial charge on any atom is -0.350 e. The fraction of sp³-hybridized carbons (Fsp3) is 0.440. The second-order valence-corrected chi connectivity index (χ2v) is 8.71. The van der Waals surface area contributed by atoms with E-state index in [9.17, 15) is 9.59 Å². The van der Waals surface area contributed by atoms with Crippen molar-refractivity contribution in [2.24, 2.45) is 0 Å². The van der Waals surface area contributed by atoms with Gasteiger partial charge in [0.05, 0.1) is 0 Å². The summed E-state index contributed by atoms with van der Waals surface area (Å²) in [6, 6.07) is 17.5. The van der Waals surface area contributed by atoms with Gasteiger partial charge in [-0.3, -0.25) is 9.59 Å². The molecule has 4 heteroatoms. The number of nitrogens with one attached hydrogen (secondary N) is 1. The van der Waals surface area contributed by atoms with Crippen LogP contribution in [0.1, 0.15) is 57.2 Å². The lowest BCUT2D eigenvalue weighted by atomic mass is 10.00. The molecule has 0 aliphatic carbocycles. The zero-order valence-electron chi connectivity index (χ0n) is 18.4. The Hall–Kier alpha value is -2.62. The summed E-state index contributed by atoms with van der Waals surface area (Å²) in [4.78, 5) is 28.1. The number of carbonyl (C=O) groups excluding carboxylic acids is 2. The number of carbonyl (C=O) groups is 2. The molecule has 0 aliphatic heterocycles. The van der Waals surface area contributed by atoms with Crippen molar-refractivity contribution in [3.05, 3.63) is 71.3 Å². The monoisotopic (exact) mass is 394 g/mol. The quantitative estimate of drug-likeness (QED) is 0.708. The summed E-state index contributed by atoms with van der Waals surface area (Å²) in [5.41, 5.74) is 2.86. The van der Waals surface area contributed by atoms with Crippen LogP contribution in [0.15, 0.2) is 54.6 Å². The van der Waals surface area contributed by atoms with Crippen molar-refractivity contribution in [3.63, 3.8) is 0 Å². The third-order valence-electron chi connectivity index (χ3n) is 4.67. The fourth-order valence-corrected chi connectivity index (χ4v) is 3.37. The summed E-state index contributed by atoms with van der Waals surface area (Å²) < 4.78 is 0. The van der Waals surface area contributed by atoms with Crippen molar-refractivity contribution >= 4 is 11.8 Å². The van der Waals surface area contributed by atoms with E-state index in [1.54, 1.807) is 4.90 Å². The van der Waals surface area contributed by atoms with Gasteiger partial charge >= 0.3 is 0 Å². The highest BCUT2D eigenvalue weighted by molar-refractivity contribution is 5.88. The van der Waals surface area contributed by atoms with Crippen LogP contribution in [0, 0.1) is 6.92 Å². The van der Waals surface area contributed by atoms with Crippen molar-refractivity contribution in [3.8, 4) is 0 Å². The summed E-state index contributed by atoms with van der Waals surface area (Å²) >= 11 is 0. The zero-order valence-corrected chi connectivity index (χ0v) is 18.4. The molecule has 1 atom stereocenters. The van der Waals surface area contributed by atoms with Crippen molar-refractivity contribution < 1.29 is 9.59 Å². The lowest BCUT2D eigenvalue weighted by Crippen LogP contribution is -2.54. The predicted molar refractivity (Wildman–Crippen MR) is 118 cm³/mol. The number of benzene rings is 2. The maximum Gasteiger partial charge on any atom is 0.243 e. The second kappa shape index (κ2) is 10.2. The van der Waals surface area contributed by atoms with Crippen LogP contribution < -0.4 is 5.32 Å². The second-order valence-electron chi connectivity index (χ2n) is 8.71. The normalized spacial score (nSPS) is 12.3. The Morgan fingerprint density at radius 1 is 1.00 bits per heavy atom. The zero-order chi connectivity index (χ0) is 21.4. The van der Waals surface area contributed by atoms with Crippen molar-refractivity contribution in [1.29, 1.82) is 0 Å². The Morgan fingerprint density at radius 2 is 1.66 bits per heavy atom. The number of amides is 2. The van der Waals surface area contributed by atoms with E-state index >= 15 is 0 Å². The summed E-state index contributed by atoms with van der Waals surface area (Å²) in [6.07, 6.45) is 1.67. The Bertz CT molecular complexity index is 809. The van der Waals surface area contributed by atoms with Gasteiger partial charge < -0.3 is 10.2 Å². The Labute approximate surface area is 175 Å². The summed E-state index contributed by atoms with van der Waals surface area (Å²) in [5.74, 6) is -0.0996.